The summed E-state index contributed by atoms with van der Waals surface area (Å²) >= 11 is 0. The fourth-order valence-electron chi connectivity index (χ4n) is 5.42. The molecule has 0 aliphatic heterocycles. The highest BCUT2D eigenvalue weighted by Gasteiger charge is 2.39. The molecule has 0 bridgehead atoms. The van der Waals surface area contributed by atoms with Crippen molar-refractivity contribution in [2.45, 2.75) is 26.6 Å². The predicted molar refractivity (Wildman–Crippen MR) is 190 cm³/mol. The third-order valence-corrected chi connectivity index (χ3v) is 8.71. The lowest BCUT2D eigenvalue weighted by Gasteiger charge is -2.34. The number of esters is 1. The summed E-state index contributed by atoms with van der Waals surface area (Å²) in [5.41, 5.74) is 1.44. The second-order valence-corrected chi connectivity index (χ2v) is 13.5. The number of aliphatic hydroxyl groups is 1. The molecule has 3 unspecified atom stereocenters. The van der Waals surface area contributed by atoms with Gasteiger partial charge in [0.05, 0.1) is 27.3 Å². The topological polar surface area (TPSA) is 127 Å². The van der Waals surface area contributed by atoms with E-state index in [0.717, 1.165) is 16.7 Å². The van der Waals surface area contributed by atoms with Crippen molar-refractivity contribution in [3.63, 3.8) is 0 Å². The van der Waals surface area contributed by atoms with Crippen LogP contribution in [0.3, 0.4) is 0 Å². The van der Waals surface area contributed by atoms with Crippen LogP contribution >= 0.6 is 0 Å². The van der Waals surface area contributed by atoms with Crippen molar-refractivity contribution in [2.75, 3.05) is 87.0 Å². The van der Waals surface area contributed by atoms with E-state index in [2.05, 4.69) is 7.05 Å². The van der Waals surface area contributed by atoms with Gasteiger partial charge >= 0.3 is 18.3 Å². The molecule has 0 aromatic heterocycles. The summed E-state index contributed by atoms with van der Waals surface area (Å²) in [5.74, 6) is -0.728. The molecule has 0 fully saturated rings. The van der Waals surface area contributed by atoms with Crippen LogP contribution in [0.2, 0.25) is 0 Å². The van der Waals surface area contributed by atoms with E-state index in [9.17, 15) is 19.5 Å². The lowest BCUT2D eigenvalue weighted by atomic mass is 9.93. The number of carbonyl (C=O) groups excluding carboxylic acids is 3. The molecule has 12 nitrogen and oxygen atoms in total. The van der Waals surface area contributed by atoms with Crippen molar-refractivity contribution in [3.8, 4) is 0 Å². The number of nitrogens with zero attached hydrogens (tertiary/aromatic N) is 2. The predicted octanol–water partition coefficient (Wildman–Crippen LogP) is 4.97. The molecule has 12 heteroatoms. The van der Waals surface area contributed by atoms with Crippen LogP contribution in [0.1, 0.15) is 23.6 Å². The first kappa shape index (κ1) is 40.9. The van der Waals surface area contributed by atoms with Gasteiger partial charge in [0.15, 0.2) is 0 Å². The van der Waals surface area contributed by atoms with Crippen molar-refractivity contribution in [1.29, 1.82) is 0 Å². The molecule has 0 amide bonds. The zero-order valence-corrected chi connectivity index (χ0v) is 30.4. The molecular weight excluding hydrogens is 656 g/mol. The van der Waals surface area contributed by atoms with E-state index < -0.39 is 36.9 Å². The van der Waals surface area contributed by atoms with E-state index in [1.54, 1.807) is 7.11 Å². The average Bonchev–Trinajstić information content (AvgIpc) is 3.12. The van der Waals surface area contributed by atoms with Crippen LogP contribution in [0.5, 0.6) is 0 Å². The molecule has 3 atom stereocenters. The summed E-state index contributed by atoms with van der Waals surface area (Å²) in [6.07, 6.45) is -1.95. The van der Waals surface area contributed by atoms with Crippen molar-refractivity contribution in [3.05, 3.63) is 108 Å². The SMILES string of the molecule is COCC[N+](C)(CCOC(=O)OCC(C)(COC(=O)OCC[N+](C)(CCO)Cc1ccccc1)C(=O)OCc1ccccc1)Cc1ccccc1. The van der Waals surface area contributed by atoms with Gasteiger partial charge in [-0.15, -0.1) is 0 Å². The molecule has 278 valence electrons. The summed E-state index contributed by atoms with van der Waals surface area (Å²) in [5, 5.41) is 9.65. The minimum Gasteiger partial charge on any atom is -0.460 e. The monoisotopic (exact) mass is 710 g/mol. The fourth-order valence-corrected chi connectivity index (χ4v) is 5.42. The second-order valence-electron chi connectivity index (χ2n) is 13.5. The largest absolute Gasteiger partial charge is 0.508 e. The van der Waals surface area contributed by atoms with Gasteiger partial charge in [-0.1, -0.05) is 91.0 Å². The Morgan fingerprint density at radius 1 is 0.588 bits per heavy atom. The first-order valence-electron chi connectivity index (χ1n) is 17.1. The molecule has 0 saturated carbocycles. The van der Waals surface area contributed by atoms with Crippen LogP contribution in [-0.4, -0.2) is 119 Å². The van der Waals surface area contributed by atoms with Crippen LogP contribution < -0.4 is 0 Å². The second kappa shape index (κ2) is 21.0. The van der Waals surface area contributed by atoms with Gasteiger partial charge in [0.25, 0.3) is 0 Å². The van der Waals surface area contributed by atoms with Crippen molar-refractivity contribution >= 4 is 18.3 Å². The maximum absolute atomic E-state index is 13.3. The number of ether oxygens (including phenoxy) is 6. The van der Waals surface area contributed by atoms with E-state index in [1.807, 2.05) is 98.0 Å². The summed E-state index contributed by atoms with van der Waals surface area (Å²) in [6, 6.07) is 29.0. The van der Waals surface area contributed by atoms with Crippen molar-refractivity contribution < 1.29 is 56.9 Å². The first-order chi connectivity index (χ1) is 24.5. The Kier molecular flexibility index (Phi) is 16.9. The van der Waals surface area contributed by atoms with Gasteiger partial charge in [0, 0.05) is 18.2 Å². The smallest absolute Gasteiger partial charge is 0.460 e. The van der Waals surface area contributed by atoms with Crippen LogP contribution in [0.4, 0.5) is 9.59 Å². The standard InChI is InChI=1S/C39H54N2O10/c1-39(36(43)49-30-35-18-12-7-13-19-35,31-50-37(44)47-26-22-40(2,20-24-42)28-33-14-8-5-9-15-33)32-51-38(45)48-27-23-41(3,21-25-46-4)29-34-16-10-6-11-17-34/h5-19,42H,20-32H2,1-4H3/q+2. The number of benzene rings is 3. The highest BCUT2D eigenvalue weighted by atomic mass is 16.7. The lowest BCUT2D eigenvalue weighted by Crippen LogP contribution is -2.48. The Labute approximate surface area is 301 Å². The fraction of sp³-hybridized carbons (Fsp3) is 0.462. The third kappa shape index (κ3) is 15.1. The number of aliphatic hydroxyl groups excluding tert-OH is 1. The van der Waals surface area contributed by atoms with Gasteiger partial charge in [-0.2, -0.15) is 0 Å². The van der Waals surface area contributed by atoms with Crippen LogP contribution in [0.25, 0.3) is 0 Å². The lowest BCUT2D eigenvalue weighted by molar-refractivity contribution is -0.923. The van der Waals surface area contributed by atoms with Gasteiger partial charge in [0.1, 0.15) is 77.7 Å². The molecule has 3 aromatic carbocycles. The molecular formula is C39H54N2O10+2. The molecule has 0 spiro atoms. The number of carbonyl (C=O) groups is 3. The maximum Gasteiger partial charge on any atom is 0.508 e. The van der Waals surface area contributed by atoms with E-state index in [-0.39, 0.29) is 26.4 Å². The van der Waals surface area contributed by atoms with Gasteiger partial charge < -0.3 is 42.5 Å². The number of hydrogen-bond donors (Lipinski definition) is 1. The maximum atomic E-state index is 13.3. The number of rotatable bonds is 22. The molecule has 0 aliphatic carbocycles. The first-order valence-corrected chi connectivity index (χ1v) is 17.1. The molecule has 3 rings (SSSR count). The normalized spacial score (nSPS) is 14.6. The van der Waals surface area contributed by atoms with E-state index in [1.165, 1.54) is 6.92 Å². The third-order valence-electron chi connectivity index (χ3n) is 8.71. The Balaban J connectivity index is 1.56. The summed E-state index contributed by atoms with van der Waals surface area (Å²) in [4.78, 5) is 38.8. The van der Waals surface area contributed by atoms with Crippen molar-refractivity contribution in [2.24, 2.45) is 5.41 Å². The minimum absolute atomic E-state index is 0.0201. The zero-order valence-electron chi connectivity index (χ0n) is 30.4. The van der Waals surface area contributed by atoms with Crippen LogP contribution in [0.15, 0.2) is 91.0 Å². The number of quaternary nitrogens is 2. The molecule has 3 aromatic rings. The van der Waals surface area contributed by atoms with Gasteiger partial charge in [-0.05, 0) is 12.5 Å². The van der Waals surface area contributed by atoms with Crippen LogP contribution in [0, 0.1) is 5.41 Å². The quantitative estimate of drug-likeness (QED) is 0.0868. The Hall–Kier alpha value is -4.49. The molecule has 0 heterocycles. The Morgan fingerprint density at radius 2 is 1.00 bits per heavy atom. The van der Waals surface area contributed by atoms with E-state index in [0.29, 0.717) is 54.8 Å². The molecule has 0 radical (unpaired) electrons. The van der Waals surface area contributed by atoms with E-state index in [4.69, 9.17) is 28.4 Å². The molecule has 1 N–H and O–H groups in total. The highest BCUT2D eigenvalue weighted by Crippen LogP contribution is 2.22. The van der Waals surface area contributed by atoms with Crippen molar-refractivity contribution in [1.82, 2.24) is 0 Å². The summed E-state index contributed by atoms with van der Waals surface area (Å²) in [6.45, 7) is 4.57. The van der Waals surface area contributed by atoms with Gasteiger partial charge in [-0.3, -0.25) is 4.79 Å². The Morgan fingerprint density at radius 3 is 1.43 bits per heavy atom. The summed E-state index contributed by atoms with van der Waals surface area (Å²) < 4.78 is 33.4. The van der Waals surface area contributed by atoms with E-state index >= 15 is 0 Å². The number of methoxy groups -OCH3 is 1. The van der Waals surface area contributed by atoms with Gasteiger partial charge in [0.2, 0.25) is 0 Å². The number of hydrogen-bond acceptors (Lipinski definition) is 10. The highest BCUT2D eigenvalue weighted by molar-refractivity contribution is 5.77. The number of likely N-dealkylation sites (N-methyl/N-ethyl adjacent to an activating group) is 2. The minimum atomic E-state index is -1.56. The van der Waals surface area contributed by atoms with Crippen LogP contribution in [-0.2, 0) is 52.9 Å². The molecule has 0 aliphatic rings. The zero-order chi connectivity index (χ0) is 37.0. The van der Waals surface area contributed by atoms with Gasteiger partial charge in [-0.25, -0.2) is 9.59 Å². The Bertz CT molecular complexity index is 1460. The summed E-state index contributed by atoms with van der Waals surface area (Å²) in [7, 11) is 5.68. The average molecular weight is 711 g/mol. The molecule has 51 heavy (non-hydrogen) atoms. The molecule has 0 saturated heterocycles.